The minimum absolute atomic E-state index is 0.0367. The number of hydrogen-bond acceptors (Lipinski definition) is 3. The summed E-state index contributed by atoms with van der Waals surface area (Å²) in [6.45, 7) is -1.03. The quantitative estimate of drug-likeness (QED) is 0.356. The fourth-order valence-electron chi connectivity index (χ4n) is 3.95. The Balaban J connectivity index is 1.91. The van der Waals surface area contributed by atoms with Gasteiger partial charge in [-0.1, -0.05) is 66.2 Å². The Labute approximate surface area is 208 Å². The van der Waals surface area contributed by atoms with Gasteiger partial charge in [-0.25, -0.2) is 9.18 Å². The minimum Gasteiger partial charge on any atom is -0.322 e. The molecule has 0 spiro atoms. The number of nitrogens with two attached hydrogens (primary N) is 1. The maximum absolute atomic E-state index is 14.6. The van der Waals surface area contributed by atoms with E-state index < -0.39 is 47.0 Å². The molecule has 4 rings (SSSR count). The molecule has 0 aliphatic heterocycles. The SMILES string of the molecule is N[C@H](Cn1c(=O)c(-c2ccccc2Cl)cn(Cc2c(F)cccc2C(F)(F)F)c1=O)c1ccccc1. The lowest BCUT2D eigenvalue weighted by Crippen LogP contribution is -2.43. The normalized spacial score (nSPS) is 12.5. The molecule has 0 aliphatic rings. The first kappa shape index (κ1) is 25.4. The Morgan fingerprint density at radius 1 is 0.889 bits per heavy atom. The summed E-state index contributed by atoms with van der Waals surface area (Å²) < 4.78 is 57.0. The minimum atomic E-state index is -4.85. The van der Waals surface area contributed by atoms with Crippen LogP contribution in [0.5, 0.6) is 0 Å². The summed E-state index contributed by atoms with van der Waals surface area (Å²) in [5.41, 5.74) is 3.53. The number of benzene rings is 3. The molecule has 2 N–H and O–H groups in total. The first-order valence-electron chi connectivity index (χ1n) is 10.8. The lowest BCUT2D eigenvalue weighted by molar-refractivity contribution is -0.138. The molecule has 0 radical (unpaired) electrons. The largest absolute Gasteiger partial charge is 0.416 e. The number of nitrogens with zero attached hydrogens (tertiary/aromatic N) is 2. The summed E-state index contributed by atoms with van der Waals surface area (Å²) in [6, 6.07) is 16.8. The van der Waals surface area contributed by atoms with Crippen molar-refractivity contribution in [1.82, 2.24) is 9.13 Å². The average Bonchev–Trinajstić information content (AvgIpc) is 2.85. The van der Waals surface area contributed by atoms with Gasteiger partial charge >= 0.3 is 11.9 Å². The molecule has 1 heterocycles. The Hall–Kier alpha value is -3.69. The van der Waals surface area contributed by atoms with Crippen molar-refractivity contribution >= 4 is 11.6 Å². The highest BCUT2D eigenvalue weighted by Crippen LogP contribution is 2.33. The van der Waals surface area contributed by atoms with Crippen LogP contribution in [0.3, 0.4) is 0 Å². The molecule has 36 heavy (non-hydrogen) atoms. The van der Waals surface area contributed by atoms with Crippen molar-refractivity contribution in [1.29, 1.82) is 0 Å². The highest BCUT2D eigenvalue weighted by molar-refractivity contribution is 6.33. The smallest absolute Gasteiger partial charge is 0.322 e. The van der Waals surface area contributed by atoms with Crippen LogP contribution in [-0.4, -0.2) is 9.13 Å². The molecule has 1 atom stereocenters. The monoisotopic (exact) mass is 517 g/mol. The molecule has 0 bridgehead atoms. The van der Waals surface area contributed by atoms with Gasteiger partial charge in [-0.3, -0.25) is 13.9 Å². The Morgan fingerprint density at radius 2 is 1.56 bits per heavy atom. The van der Waals surface area contributed by atoms with E-state index in [1.807, 2.05) is 0 Å². The average molecular weight is 518 g/mol. The summed E-state index contributed by atoms with van der Waals surface area (Å²) in [5.74, 6) is -1.13. The third kappa shape index (κ3) is 5.12. The van der Waals surface area contributed by atoms with Crippen molar-refractivity contribution in [2.24, 2.45) is 5.73 Å². The Kier molecular flexibility index (Phi) is 7.14. The van der Waals surface area contributed by atoms with E-state index in [-0.39, 0.29) is 22.7 Å². The van der Waals surface area contributed by atoms with Crippen LogP contribution in [0.2, 0.25) is 5.02 Å². The van der Waals surface area contributed by atoms with Gasteiger partial charge in [-0.05, 0) is 23.8 Å². The molecule has 5 nitrogen and oxygen atoms in total. The van der Waals surface area contributed by atoms with Gasteiger partial charge < -0.3 is 5.73 Å². The summed E-state index contributed by atoms with van der Waals surface area (Å²) >= 11 is 6.28. The van der Waals surface area contributed by atoms with Crippen molar-refractivity contribution < 1.29 is 17.6 Å². The van der Waals surface area contributed by atoms with Crippen molar-refractivity contribution in [3.8, 4) is 11.1 Å². The predicted molar refractivity (Wildman–Crippen MR) is 129 cm³/mol. The van der Waals surface area contributed by atoms with E-state index in [0.717, 1.165) is 33.5 Å². The van der Waals surface area contributed by atoms with Gasteiger partial charge in [-0.15, -0.1) is 0 Å². The van der Waals surface area contributed by atoms with Crippen molar-refractivity contribution in [3.05, 3.63) is 127 Å². The van der Waals surface area contributed by atoms with E-state index in [2.05, 4.69) is 0 Å². The van der Waals surface area contributed by atoms with E-state index >= 15 is 0 Å². The van der Waals surface area contributed by atoms with E-state index in [4.69, 9.17) is 17.3 Å². The molecule has 0 fully saturated rings. The van der Waals surface area contributed by atoms with Gasteiger partial charge in [0.25, 0.3) is 5.56 Å². The molecule has 0 saturated heterocycles. The summed E-state index contributed by atoms with van der Waals surface area (Å²) in [5, 5.41) is 0.195. The zero-order valence-electron chi connectivity index (χ0n) is 18.7. The van der Waals surface area contributed by atoms with Gasteiger partial charge in [-0.2, -0.15) is 13.2 Å². The molecular weight excluding hydrogens is 498 g/mol. The number of aromatic nitrogens is 2. The van der Waals surface area contributed by atoms with Crippen LogP contribution in [0.1, 0.15) is 22.7 Å². The van der Waals surface area contributed by atoms with Crippen LogP contribution in [0.4, 0.5) is 17.6 Å². The second-order valence-corrected chi connectivity index (χ2v) is 8.54. The van der Waals surface area contributed by atoms with E-state index in [9.17, 15) is 27.2 Å². The number of alkyl halides is 3. The molecule has 186 valence electrons. The molecule has 0 saturated carbocycles. The van der Waals surface area contributed by atoms with Gasteiger partial charge in [0.05, 0.1) is 24.2 Å². The fraction of sp³-hybridized carbons (Fsp3) is 0.154. The first-order valence-corrected chi connectivity index (χ1v) is 11.2. The predicted octanol–water partition coefficient (Wildman–Crippen LogP) is 5.24. The topological polar surface area (TPSA) is 70.0 Å². The lowest BCUT2D eigenvalue weighted by atomic mass is 10.1. The van der Waals surface area contributed by atoms with Crippen molar-refractivity contribution in [2.45, 2.75) is 25.3 Å². The number of rotatable bonds is 6. The third-order valence-electron chi connectivity index (χ3n) is 5.76. The van der Waals surface area contributed by atoms with Crippen LogP contribution in [-0.2, 0) is 19.3 Å². The summed E-state index contributed by atoms with van der Waals surface area (Å²) in [6.07, 6.45) is -3.75. The molecule has 10 heteroatoms. The first-order chi connectivity index (χ1) is 17.1. The van der Waals surface area contributed by atoms with Crippen LogP contribution in [0, 0.1) is 5.82 Å². The third-order valence-corrected chi connectivity index (χ3v) is 6.09. The number of hydrogen-bond donors (Lipinski definition) is 1. The van der Waals surface area contributed by atoms with Gasteiger partial charge in [0, 0.05) is 28.4 Å². The zero-order chi connectivity index (χ0) is 26.0. The second kappa shape index (κ2) is 10.1. The van der Waals surface area contributed by atoms with Crippen molar-refractivity contribution in [3.63, 3.8) is 0 Å². The molecule has 0 amide bonds. The van der Waals surface area contributed by atoms with Crippen LogP contribution < -0.4 is 17.0 Å². The molecule has 0 aliphatic carbocycles. The highest BCUT2D eigenvalue weighted by Gasteiger charge is 2.34. The van der Waals surface area contributed by atoms with Gasteiger partial charge in [0.15, 0.2) is 0 Å². The lowest BCUT2D eigenvalue weighted by Gasteiger charge is -2.19. The molecule has 0 unspecified atom stereocenters. The summed E-state index contributed by atoms with van der Waals surface area (Å²) in [4.78, 5) is 26.7. The van der Waals surface area contributed by atoms with Crippen LogP contribution >= 0.6 is 11.6 Å². The molecule has 3 aromatic carbocycles. The van der Waals surface area contributed by atoms with E-state index in [1.54, 1.807) is 48.5 Å². The Bertz CT molecular complexity index is 1510. The Morgan fingerprint density at radius 3 is 2.22 bits per heavy atom. The maximum Gasteiger partial charge on any atom is 0.416 e. The standard InChI is InChI=1S/C26H20ClF4N3O2/c27-21-11-5-4-9-17(21)18-13-33(14-19-20(26(29,30)31)10-6-12-22(19)28)25(36)34(24(18)35)15-23(32)16-7-2-1-3-8-16/h1-13,23H,14-15,32H2/t23-/m1/s1. The van der Waals surface area contributed by atoms with Gasteiger partial charge in [0.1, 0.15) is 5.82 Å². The van der Waals surface area contributed by atoms with Crippen LogP contribution in [0.25, 0.3) is 11.1 Å². The molecule has 4 aromatic rings. The van der Waals surface area contributed by atoms with Crippen molar-refractivity contribution in [2.75, 3.05) is 0 Å². The second-order valence-electron chi connectivity index (χ2n) is 8.13. The van der Waals surface area contributed by atoms with E-state index in [0.29, 0.717) is 5.56 Å². The molecule has 1 aromatic heterocycles. The van der Waals surface area contributed by atoms with Gasteiger partial charge in [0.2, 0.25) is 0 Å². The highest BCUT2D eigenvalue weighted by atomic mass is 35.5. The maximum atomic E-state index is 14.6. The summed E-state index contributed by atoms with van der Waals surface area (Å²) in [7, 11) is 0. The van der Waals surface area contributed by atoms with E-state index in [1.165, 1.54) is 6.07 Å². The molecular formula is C26H20ClF4N3O2. The van der Waals surface area contributed by atoms with Crippen LogP contribution in [0.15, 0.2) is 88.6 Å². The fourth-order valence-corrected chi connectivity index (χ4v) is 4.19. The zero-order valence-corrected chi connectivity index (χ0v) is 19.4. The number of halogens is 5.